The minimum atomic E-state index is -0.939. The van der Waals surface area contributed by atoms with E-state index < -0.39 is 5.60 Å². The Kier molecular flexibility index (Phi) is 6.57. The molecule has 0 aliphatic carbocycles. The van der Waals surface area contributed by atoms with E-state index in [0.717, 1.165) is 22.7 Å². The fourth-order valence-electron chi connectivity index (χ4n) is 3.45. The number of methoxy groups -OCH3 is 1. The molecule has 1 heterocycles. The van der Waals surface area contributed by atoms with Crippen LogP contribution in [-0.2, 0) is 15.1 Å². The fraction of sp³-hybridized carbons (Fsp3) is 0.333. The van der Waals surface area contributed by atoms with E-state index in [2.05, 4.69) is 12.1 Å². The zero-order chi connectivity index (χ0) is 21.7. The van der Waals surface area contributed by atoms with E-state index in [9.17, 15) is 9.90 Å². The summed E-state index contributed by atoms with van der Waals surface area (Å²) in [6.07, 6.45) is 0.967. The molecule has 0 saturated heterocycles. The van der Waals surface area contributed by atoms with Gasteiger partial charge in [0, 0.05) is 19.1 Å². The monoisotopic (exact) mass is 408 g/mol. The Hall–Kier alpha value is -3.12. The molecule has 1 N–H and O–H groups in total. The molecule has 0 aliphatic heterocycles. The van der Waals surface area contributed by atoms with Gasteiger partial charge >= 0.3 is 5.97 Å². The van der Waals surface area contributed by atoms with Crippen LogP contribution in [0.2, 0.25) is 0 Å². The Morgan fingerprint density at radius 1 is 1.13 bits per heavy atom. The quantitative estimate of drug-likeness (QED) is 0.559. The SMILES string of the molecule is COc1ccc(-n2nc(C(C)(CCCO)OC(C)=O)cc2-c2ccc(C)cc2)cc1. The first-order chi connectivity index (χ1) is 14.4. The molecule has 30 heavy (non-hydrogen) atoms. The highest BCUT2D eigenvalue weighted by Gasteiger charge is 2.33. The lowest BCUT2D eigenvalue weighted by atomic mass is 9.95. The average Bonchev–Trinajstić information content (AvgIpc) is 3.18. The molecule has 2 aromatic carbocycles. The topological polar surface area (TPSA) is 73.6 Å². The van der Waals surface area contributed by atoms with Crippen LogP contribution in [0.4, 0.5) is 0 Å². The number of carbonyl (C=O) groups is 1. The Balaban J connectivity index is 2.14. The van der Waals surface area contributed by atoms with Gasteiger partial charge in [0.25, 0.3) is 0 Å². The summed E-state index contributed by atoms with van der Waals surface area (Å²) >= 11 is 0. The van der Waals surface area contributed by atoms with Gasteiger partial charge in [-0.25, -0.2) is 4.68 Å². The Morgan fingerprint density at radius 2 is 1.80 bits per heavy atom. The summed E-state index contributed by atoms with van der Waals surface area (Å²) in [5, 5.41) is 14.2. The Bertz CT molecular complexity index is 993. The van der Waals surface area contributed by atoms with Crippen LogP contribution in [0.25, 0.3) is 16.9 Å². The largest absolute Gasteiger partial charge is 0.497 e. The number of ether oxygens (including phenoxy) is 2. The van der Waals surface area contributed by atoms with Crippen molar-refractivity contribution in [2.45, 2.75) is 39.2 Å². The highest BCUT2D eigenvalue weighted by Crippen LogP contribution is 2.34. The summed E-state index contributed by atoms with van der Waals surface area (Å²) in [6.45, 7) is 5.28. The van der Waals surface area contributed by atoms with Crippen molar-refractivity contribution >= 4 is 5.97 Å². The third-order valence-corrected chi connectivity index (χ3v) is 5.10. The Morgan fingerprint density at radius 3 is 2.37 bits per heavy atom. The van der Waals surface area contributed by atoms with Gasteiger partial charge in [0.15, 0.2) is 5.60 Å². The summed E-state index contributed by atoms with van der Waals surface area (Å²) in [6, 6.07) is 17.8. The standard InChI is InChI=1S/C24H28N2O4/c1-17-6-8-19(9-7-17)22-16-23(24(3,14-5-15-27)30-18(2)28)25-26(22)20-10-12-21(29-4)13-11-20/h6-13,16,27H,5,14-15H2,1-4H3. The first-order valence-electron chi connectivity index (χ1n) is 9.99. The van der Waals surface area contributed by atoms with Crippen LogP contribution < -0.4 is 4.74 Å². The van der Waals surface area contributed by atoms with Crippen LogP contribution >= 0.6 is 0 Å². The molecule has 1 unspecified atom stereocenters. The zero-order valence-electron chi connectivity index (χ0n) is 17.9. The highest BCUT2D eigenvalue weighted by molar-refractivity contribution is 5.67. The second-order valence-electron chi connectivity index (χ2n) is 7.54. The van der Waals surface area contributed by atoms with E-state index in [1.54, 1.807) is 7.11 Å². The molecule has 6 nitrogen and oxygen atoms in total. The average molecular weight is 408 g/mol. The van der Waals surface area contributed by atoms with Crippen molar-refractivity contribution in [3.8, 4) is 22.7 Å². The van der Waals surface area contributed by atoms with Crippen LogP contribution in [-0.4, -0.2) is 34.6 Å². The number of aliphatic hydroxyl groups is 1. The van der Waals surface area contributed by atoms with Crippen molar-refractivity contribution in [3.05, 3.63) is 65.9 Å². The zero-order valence-corrected chi connectivity index (χ0v) is 17.9. The van der Waals surface area contributed by atoms with Gasteiger partial charge in [-0.3, -0.25) is 4.79 Å². The highest BCUT2D eigenvalue weighted by atomic mass is 16.6. The smallest absolute Gasteiger partial charge is 0.303 e. The summed E-state index contributed by atoms with van der Waals surface area (Å²) in [5.74, 6) is 0.377. The number of aliphatic hydroxyl groups excluding tert-OH is 1. The number of nitrogens with zero attached hydrogens (tertiary/aromatic N) is 2. The number of carbonyl (C=O) groups excluding carboxylic acids is 1. The van der Waals surface area contributed by atoms with E-state index in [1.165, 1.54) is 12.5 Å². The maximum atomic E-state index is 11.8. The van der Waals surface area contributed by atoms with Crippen molar-refractivity contribution in [1.82, 2.24) is 9.78 Å². The lowest BCUT2D eigenvalue weighted by Gasteiger charge is -2.27. The molecule has 0 amide bonds. The van der Waals surface area contributed by atoms with Gasteiger partial charge < -0.3 is 14.6 Å². The second kappa shape index (κ2) is 9.13. The minimum Gasteiger partial charge on any atom is -0.497 e. The van der Waals surface area contributed by atoms with Gasteiger partial charge in [-0.1, -0.05) is 29.8 Å². The summed E-state index contributed by atoms with van der Waals surface area (Å²) in [4.78, 5) is 11.8. The normalized spacial score (nSPS) is 13.0. The second-order valence-corrected chi connectivity index (χ2v) is 7.54. The molecule has 0 bridgehead atoms. The minimum absolute atomic E-state index is 0.0147. The summed E-state index contributed by atoms with van der Waals surface area (Å²) in [5.41, 5.74) is 3.62. The molecular weight excluding hydrogens is 380 g/mol. The van der Waals surface area contributed by atoms with Gasteiger partial charge in [-0.15, -0.1) is 0 Å². The maximum Gasteiger partial charge on any atom is 0.303 e. The molecule has 3 aromatic rings. The van der Waals surface area contributed by atoms with Gasteiger partial charge in [0.1, 0.15) is 11.4 Å². The molecule has 1 aromatic heterocycles. The number of rotatable bonds is 8. The van der Waals surface area contributed by atoms with Gasteiger partial charge in [0.05, 0.1) is 18.5 Å². The van der Waals surface area contributed by atoms with E-state index in [0.29, 0.717) is 18.5 Å². The third-order valence-electron chi connectivity index (χ3n) is 5.10. The van der Waals surface area contributed by atoms with Crippen LogP contribution in [0.15, 0.2) is 54.6 Å². The van der Waals surface area contributed by atoms with Crippen molar-refractivity contribution in [2.75, 3.05) is 13.7 Å². The predicted octanol–water partition coefficient (Wildman–Crippen LogP) is 4.41. The lowest BCUT2D eigenvalue weighted by Crippen LogP contribution is -2.29. The third kappa shape index (κ3) is 4.71. The summed E-state index contributed by atoms with van der Waals surface area (Å²) < 4.78 is 12.8. The van der Waals surface area contributed by atoms with Gasteiger partial charge in [-0.05, 0) is 57.0 Å². The number of hydrogen-bond acceptors (Lipinski definition) is 5. The maximum absolute atomic E-state index is 11.8. The molecular formula is C24H28N2O4. The predicted molar refractivity (Wildman–Crippen MR) is 116 cm³/mol. The Labute approximate surface area is 177 Å². The first kappa shape index (κ1) is 21.6. The molecule has 0 saturated carbocycles. The fourth-order valence-corrected chi connectivity index (χ4v) is 3.45. The molecule has 0 fully saturated rings. The molecule has 3 rings (SSSR count). The van der Waals surface area contributed by atoms with Crippen LogP contribution in [0.5, 0.6) is 5.75 Å². The van der Waals surface area contributed by atoms with Crippen molar-refractivity contribution in [2.24, 2.45) is 0 Å². The molecule has 1 atom stereocenters. The number of esters is 1. The number of aromatic nitrogens is 2. The summed E-state index contributed by atoms with van der Waals surface area (Å²) in [7, 11) is 1.63. The molecule has 0 spiro atoms. The van der Waals surface area contributed by atoms with Crippen molar-refractivity contribution < 1.29 is 19.4 Å². The lowest BCUT2D eigenvalue weighted by molar-refractivity contribution is -0.158. The van der Waals surface area contributed by atoms with E-state index >= 15 is 0 Å². The van der Waals surface area contributed by atoms with Crippen molar-refractivity contribution in [3.63, 3.8) is 0 Å². The number of hydrogen-bond donors (Lipinski definition) is 1. The van der Waals surface area contributed by atoms with Crippen LogP contribution in [0, 0.1) is 6.92 Å². The molecule has 6 heteroatoms. The molecule has 0 aliphatic rings. The molecule has 0 radical (unpaired) electrons. The van der Waals surface area contributed by atoms with Gasteiger partial charge in [-0.2, -0.15) is 5.10 Å². The van der Waals surface area contributed by atoms with E-state index in [1.807, 2.05) is 61.0 Å². The number of benzene rings is 2. The van der Waals surface area contributed by atoms with Gasteiger partial charge in [0.2, 0.25) is 0 Å². The van der Waals surface area contributed by atoms with Crippen LogP contribution in [0.1, 0.15) is 37.9 Å². The van der Waals surface area contributed by atoms with Crippen LogP contribution in [0.3, 0.4) is 0 Å². The van der Waals surface area contributed by atoms with E-state index in [-0.39, 0.29) is 12.6 Å². The molecule has 158 valence electrons. The number of aryl methyl sites for hydroxylation is 1. The van der Waals surface area contributed by atoms with Crippen molar-refractivity contribution in [1.29, 1.82) is 0 Å². The van der Waals surface area contributed by atoms with E-state index in [4.69, 9.17) is 14.6 Å². The first-order valence-corrected chi connectivity index (χ1v) is 9.99.